The Labute approximate surface area is 148 Å². The zero-order valence-electron chi connectivity index (χ0n) is 11.8. The second kappa shape index (κ2) is 8.20. The van der Waals surface area contributed by atoms with Crippen molar-refractivity contribution in [1.82, 2.24) is 5.32 Å². The van der Waals surface area contributed by atoms with Gasteiger partial charge in [-0.05, 0) is 23.8 Å². The zero-order chi connectivity index (χ0) is 16.8. The molecule has 0 unspecified atom stereocenters. The van der Waals surface area contributed by atoms with Crippen LogP contribution < -0.4 is 5.32 Å². The molecule has 0 aliphatic rings. The maximum Gasteiger partial charge on any atom is 0.341 e. The van der Waals surface area contributed by atoms with Crippen molar-refractivity contribution in [3.8, 4) is 0 Å². The normalized spacial score (nSPS) is 10.2. The Morgan fingerprint density at radius 3 is 2.17 bits per heavy atom. The van der Waals surface area contributed by atoms with Crippen LogP contribution in [0.3, 0.4) is 0 Å². The maximum atomic E-state index is 11.9. The molecular weight excluding hydrogens is 361 g/mol. The fourth-order valence-corrected chi connectivity index (χ4v) is 2.54. The largest absolute Gasteiger partial charge is 0.452 e. The van der Waals surface area contributed by atoms with E-state index in [1.165, 1.54) is 12.1 Å². The first-order chi connectivity index (χ1) is 11.0. The Morgan fingerprint density at radius 1 is 0.913 bits per heavy atom. The minimum Gasteiger partial charge on any atom is -0.452 e. The van der Waals surface area contributed by atoms with Crippen molar-refractivity contribution in [1.29, 1.82) is 0 Å². The third kappa shape index (κ3) is 4.86. The van der Waals surface area contributed by atoms with E-state index >= 15 is 0 Å². The number of carbonyl (C=O) groups excluding carboxylic acids is 2. The Balaban J connectivity index is 1.87. The first-order valence-corrected chi connectivity index (χ1v) is 7.73. The summed E-state index contributed by atoms with van der Waals surface area (Å²) < 4.78 is 4.92. The second-order valence-electron chi connectivity index (χ2n) is 4.54. The summed E-state index contributed by atoms with van der Waals surface area (Å²) in [6, 6.07) is 11.8. The molecule has 120 valence electrons. The molecule has 4 nitrogen and oxygen atoms in total. The molecule has 0 heterocycles. The molecule has 2 aromatic rings. The van der Waals surface area contributed by atoms with Gasteiger partial charge in [0.15, 0.2) is 6.61 Å². The number of nitrogens with one attached hydrogen (secondary N) is 1. The van der Waals surface area contributed by atoms with Crippen molar-refractivity contribution in [2.45, 2.75) is 6.54 Å². The summed E-state index contributed by atoms with van der Waals surface area (Å²) in [5.41, 5.74) is 0.803. The minimum atomic E-state index is -0.756. The zero-order valence-corrected chi connectivity index (χ0v) is 14.1. The van der Waals surface area contributed by atoms with Gasteiger partial charge < -0.3 is 10.1 Å². The number of hydrogen-bond donors (Lipinski definition) is 1. The highest BCUT2D eigenvalue weighted by atomic mass is 35.5. The van der Waals surface area contributed by atoms with Crippen LogP contribution in [-0.2, 0) is 16.1 Å². The van der Waals surface area contributed by atoms with Crippen molar-refractivity contribution in [3.05, 3.63) is 68.7 Å². The van der Waals surface area contributed by atoms with Gasteiger partial charge >= 0.3 is 5.97 Å². The smallest absolute Gasteiger partial charge is 0.341 e. The molecular formula is C16H12Cl3NO3. The molecule has 0 saturated carbocycles. The van der Waals surface area contributed by atoms with Crippen LogP contribution in [0.5, 0.6) is 0 Å². The van der Waals surface area contributed by atoms with Crippen molar-refractivity contribution in [3.63, 3.8) is 0 Å². The summed E-state index contributed by atoms with van der Waals surface area (Å²) in [4.78, 5) is 23.7. The lowest BCUT2D eigenvalue weighted by Gasteiger charge is -2.09. The molecule has 0 atom stereocenters. The van der Waals surface area contributed by atoms with E-state index in [9.17, 15) is 9.59 Å². The first-order valence-electron chi connectivity index (χ1n) is 6.60. The third-order valence-corrected chi connectivity index (χ3v) is 3.93. The molecule has 1 N–H and O–H groups in total. The minimum absolute atomic E-state index is 0.0368. The molecule has 0 aliphatic heterocycles. The highest BCUT2D eigenvalue weighted by Crippen LogP contribution is 2.24. The van der Waals surface area contributed by atoms with Crippen LogP contribution in [0.15, 0.2) is 42.5 Å². The van der Waals surface area contributed by atoms with Crippen LogP contribution in [0.25, 0.3) is 0 Å². The van der Waals surface area contributed by atoms with Gasteiger partial charge in [-0.25, -0.2) is 4.79 Å². The van der Waals surface area contributed by atoms with Gasteiger partial charge in [-0.3, -0.25) is 4.79 Å². The number of rotatable bonds is 5. The molecule has 0 bridgehead atoms. The van der Waals surface area contributed by atoms with Gasteiger partial charge in [-0.15, -0.1) is 0 Å². The fraction of sp³-hybridized carbons (Fsp3) is 0.125. The van der Waals surface area contributed by atoms with Crippen LogP contribution in [-0.4, -0.2) is 18.5 Å². The monoisotopic (exact) mass is 371 g/mol. The molecule has 23 heavy (non-hydrogen) atoms. The lowest BCUT2D eigenvalue weighted by Crippen LogP contribution is -2.28. The molecule has 0 aromatic heterocycles. The summed E-state index contributed by atoms with van der Waals surface area (Å²) in [5, 5.41) is 3.49. The van der Waals surface area contributed by atoms with E-state index in [0.717, 1.165) is 5.56 Å². The van der Waals surface area contributed by atoms with Gasteiger partial charge in [0.2, 0.25) is 0 Å². The van der Waals surface area contributed by atoms with Gasteiger partial charge in [0.25, 0.3) is 5.91 Å². The van der Waals surface area contributed by atoms with Crippen molar-refractivity contribution >= 4 is 46.7 Å². The van der Waals surface area contributed by atoms with E-state index in [1.807, 2.05) is 6.07 Å². The number of amides is 1. The van der Waals surface area contributed by atoms with E-state index in [1.54, 1.807) is 24.3 Å². The molecule has 2 rings (SSSR count). The Kier molecular flexibility index (Phi) is 6.28. The molecule has 1 amide bonds. The number of carbonyl (C=O) groups is 2. The van der Waals surface area contributed by atoms with Crippen LogP contribution in [0.2, 0.25) is 15.1 Å². The van der Waals surface area contributed by atoms with Gasteiger partial charge in [0, 0.05) is 11.6 Å². The number of benzene rings is 2. The molecule has 7 heteroatoms. The molecule has 0 aliphatic carbocycles. The van der Waals surface area contributed by atoms with E-state index < -0.39 is 18.5 Å². The SMILES string of the molecule is O=C(COC(=O)c1c(Cl)cccc1Cl)NCc1ccccc1Cl. The molecule has 0 saturated heterocycles. The predicted octanol–water partition coefficient (Wildman–Crippen LogP) is 4.12. The average Bonchev–Trinajstić information content (AvgIpc) is 2.52. The topological polar surface area (TPSA) is 55.4 Å². The maximum absolute atomic E-state index is 11.9. The van der Waals surface area contributed by atoms with Gasteiger partial charge in [-0.2, -0.15) is 0 Å². The first kappa shape index (κ1) is 17.6. The average molecular weight is 373 g/mol. The van der Waals surface area contributed by atoms with Crippen LogP contribution in [0.1, 0.15) is 15.9 Å². The van der Waals surface area contributed by atoms with E-state index in [2.05, 4.69) is 5.32 Å². The van der Waals surface area contributed by atoms with E-state index in [0.29, 0.717) is 5.02 Å². The fourth-order valence-electron chi connectivity index (χ4n) is 1.78. The third-order valence-electron chi connectivity index (χ3n) is 2.94. The lowest BCUT2D eigenvalue weighted by atomic mass is 10.2. The molecule has 0 radical (unpaired) electrons. The number of ether oxygens (including phenoxy) is 1. The Morgan fingerprint density at radius 2 is 1.52 bits per heavy atom. The van der Waals surface area contributed by atoms with Crippen molar-refractivity contribution < 1.29 is 14.3 Å². The predicted molar refractivity (Wildman–Crippen MR) is 90.0 cm³/mol. The standard InChI is InChI=1S/C16H12Cl3NO3/c17-11-5-2-1-4-10(11)8-20-14(21)9-23-16(22)15-12(18)6-3-7-13(15)19/h1-7H,8-9H2,(H,20,21). The number of esters is 1. The molecule has 2 aromatic carbocycles. The summed E-state index contributed by atoms with van der Waals surface area (Å²) in [5.74, 6) is -1.21. The lowest BCUT2D eigenvalue weighted by molar-refractivity contribution is -0.124. The Hall–Kier alpha value is -1.75. The molecule has 0 fully saturated rings. The highest BCUT2D eigenvalue weighted by Gasteiger charge is 2.17. The Bertz CT molecular complexity index is 714. The summed E-state index contributed by atoms with van der Waals surface area (Å²) in [7, 11) is 0. The van der Waals surface area contributed by atoms with Crippen LogP contribution in [0.4, 0.5) is 0 Å². The van der Waals surface area contributed by atoms with Gasteiger partial charge in [0.1, 0.15) is 0 Å². The van der Waals surface area contributed by atoms with Crippen molar-refractivity contribution in [2.75, 3.05) is 6.61 Å². The summed E-state index contributed by atoms with van der Waals surface area (Å²) in [6.07, 6.45) is 0. The number of hydrogen-bond acceptors (Lipinski definition) is 3. The highest BCUT2D eigenvalue weighted by molar-refractivity contribution is 6.39. The summed E-state index contributed by atoms with van der Waals surface area (Å²) >= 11 is 17.8. The van der Waals surface area contributed by atoms with Gasteiger partial charge in [-0.1, -0.05) is 59.1 Å². The van der Waals surface area contributed by atoms with Gasteiger partial charge in [0.05, 0.1) is 15.6 Å². The van der Waals surface area contributed by atoms with Crippen LogP contribution in [0, 0.1) is 0 Å². The summed E-state index contributed by atoms with van der Waals surface area (Å²) in [6.45, 7) is -0.201. The van der Waals surface area contributed by atoms with Crippen LogP contribution >= 0.6 is 34.8 Å². The van der Waals surface area contributed by atoms with E-state index in [4.69, 9.17) is 39.5 Å². The van der Waals surface area contributed by atoms with E-state index in [-0.39, 0.29) is 22.2 Å². The quantitative estimate of drug-likeness (QED) is 0.803. The second-order valence-corrected chi connectivity index (χ2v) is 5.76. The van der Waals surface area contributed by atoms with Crippen molar-refractivity contribution in [2.24, 2.45) is 0 Å². The number of halogens is 3. The molecule has 0 spiro atoms.